The molecule has 4 saturated carbocycles. The first-order chi connectivity index (χ1) is 47.5. The number of aliphatic hydroxyl groups excluding tert-OH is 3. The van der Waals surface area contributed by atoms with Gasteiger partial charge in [-0.25, -0.2) is 24.4 Å². The Morgan fingerprint density at radius 2 is 1.53 bits per heavy atom. The van der Waals surface area contributed by atoms with Crippen LogP contribution < -0.4 is 25.4 Å². The molecular formula is C71H79N9O18S. The number of aliphatic carboxylic acids is 1. The van der Waals surface area contributed by atoms with Crippen LogP contribution >= 0.6 is 11.3 Å². The van der Waals surface area contributed by atoms with E-state index in [1.54, 1.807) is 48.8 Å². The Labute approximate surface area is 572 Å². The number of unbranched alkanes of at least 4 members (excludes halogenated alkanes) is 2. The molecule has 4 aliphatic carbocycles. The molecule has 0 radical (unpaired) electrons. The van der Waals surface area contributed by atoms with Crippen molar-refractivity contribution in [2.75, 3.05) is 51.4 Å². The maximum atomic E-state index is 13.7. The normalized spacial score (nSPS) is 24.5. The maximum absolute atomic E-state index is 13.7. The summed E-state index contributed by atoms with van der Waals surface area (Å²) in [6.07, 6.45) is 3.95. The third-order valence-electron chi connectivity index (χ3n) is 19.1. The summed E-state index contributed by atoms with van der Waals surface area (Å²) >= 11 is 1.38. The largest absolute Gasteiger partial charge is 0.491 e. The van der Waals surface area contributed by atoms with Crippen molar-refractivity contribution in [2.24, 2.45) is 16.2 Å². The van der Waals surface area contributed by atoms with Gasteiger partial charge in [0, 0.05) is 103 Å². The second kappa shape index (κ2) is 29.3. The number of para-hydroxylation sites is 1. The number of fused-ring (bicyclic) bond motifs is 2. The molecule has 7 aromatic rings. The van der Waals surface area contributed by atoms with Gasteiger partial charge < -0.3 is 64.6 Å². The SMILES string of the molecule is Cc1c(-c2ccc(-c3cnc4cccc(C(=O)Nc5nc6ccccc6s5)c4c3)nc2C(=O)O)cnn1CC12CC3(C)CC(C)(C1)CC(OCCCNC(=O)OCc1ccc(O[C@@H]4O[C@H](C(=O)O)[C@@H](O)[C@H](O)[C@H]4O)cc1OCCOCCNC(=O)CCCCCN1C(=O)C=CC1=O)(C3)C2. The van der Waals surface area contributed by atoms with Crippen molar-refractivity contribution >= 4 is 79.2 Å². The standard InChI is InChI=1S/C71H79N9O18S/c1-41-48(45-18-19-49(76-57(45)63(88)89)43-29-47-46(11-9-13-50(47)74-31-43)62(87)78-66-77-51-12-6-7-14-53(51)99-66)32-75-80(41)40-70-35-68(2)34-69(3,36-70)38-71(37-68,39-70)96-25-10-22-73-67(92)95-33-42-16-17-44(97-65-60(86)58(84)59(85)61(98-65)64(90)91)30-52(42)94-28-27-93-26-23-72-54(81)15-5-4-8-24-79-55(82)20-21-56(79)83/h6-7,9,11-14,16-21,29-32,58-61,65,84-86H,4-5,8,10,15,22-28,33-40H2,1-3H3,(H,72,81)(H,73,92)(H,88,89)(H,90,91)(H,77,78,87)/t58-,59-,60+,61-,65+,68?,69?,70?,71?/m0/s1. The number of thiazole rings is 1. The molecule has 27 nitrogen and oxygen atoms in total. The van der Waals surface area contributed by atoms with Crippen LogP contribution in [0.15, 0.2) is 103 Å². The molecular weight excluding hydrogens is 1300 g/mol. The van der Waals surface area contributed by atoms with Crippen LogP contribution in [0, 0.1) is 23.2 Å². The topological polar surface area (TPSA) is 372 Å². The number of hydrogen-bond acceptors (Lipinski definition) is 21. The lowest BCUT2D eigenvalue weighted by atomic mass is 9.39. The van der Waals surface area contributed by atoms with E-state index in [1.165, 1.54) is 46.6 Å². The molecule has 3 aromatic carbocycles. The number of hydrogen-bond donors (Lipinski definition) is 8. The lowest BCUT2D eigenvalue weighted by Gasteiger charge is -2.69. The first-order valence-corrected chi connectivity index (χ1v) is 33.9. The van der Waals surface area contributed by atoms with Crippen LogP contribution in [0.5, 0.6) is 11.5 Å². The number of nitrogens with one attached hydrogen (secondary N) is 3. The molecule has 6 heterocycles. The van der Waals surface area contributed by atoms with Gasteiger partial charge in [-0.3, -0.25) is 39.1 Å². The molecule has 1 saturated heterocycles. The van der Waals surface area contributed by atoms with Crippen LogP contribution in [0.3, 0.4) is 0 Å². The lowest BCUT2D eigenvalue weighted by Crippen LogP contribution is -2.64. The van der Waals surface area contributed by atoms with E-state index in [9.17, 15) is 59.1 Å². The number of carboxylic acids is 2. The van der Waals surface area contributed by atoms with Crippen LogP contribution in [0.2, 0.25) is 0 Å². The number of aromatic carboxylic acids is 1. The van der Waals surface area contributed by atoms with Crippen molar-refractivity contribution in [3.63, 3.8) is 0 Å². The van der Waals surface area contributed by atoms with E-state index in [4.69, 9.17) is 38.5 Å². The summed E-state index contributed by atoms with van der Waals surface area (Å²) in [6.45, 7) is 8.31. The zero-order valence-electron chi connectivity index (χ0n) is 55.0. The molecule has 7 atom stereocenters. The number of carbonyl (C=O) groups is 7. The van der Waals surface area contributed by atoms with Gasteiger partial charge in [-0.1, -0.05) is 49.8 Å². The minimum Gasteiger partial charge on any atom is -0.491 e. The smallest absolute Gasteiger partial charge is 0.407 e. The molecule has 13 rings (SSSR count). The number of anilines is 1. The highest BCUT2D eigenvalue weighted by Crippen LogP contribution is 2.72. The van der Waals surface area contributed by atoms with Gasteiger partial charge in [-0.15, -0.1) is 0 Å². The molecule has 2 unspecified atom stereocenters. The van der Waals surface area contributed by atoms with Gasteiger partial charge in [0.25, 0.3) is 17.7 Å². The molecule has 522 valence electrons. The van der Waals surface area contributed by atoms with Crippen LogP contribution in [0.1, 0.15) is 117 Å². The van der Waals surface area contributed by atoms with Crippen LogP contribution in [-0.2, 0) is 51.3 Å². The predicted molar refractivity (Wildman–Crippen MR) is 358 cm³/mol. The molecule has 28 heteroatoms. The van der Waals surface area contributed by atoms with Gasteiger partial charge in [0.2, 0.25) is 12.2 Å². The first-order valence-electron chi connectivity index (χ1n) is 33.1. The quantitative estimate of drug-likeness (QED) is 0.0157. The summed E-state index contributed by atoms with van der Waals surface area (Å²) in [6, 6.07) is 22.6. The number of benzene rings is 3. The van der Waals surface area contributed by atoms with Gasteiger partial charge in [0.15, 0.2) is 16.9 Å². The number of pyridine rings is 2. The third kappa shape index (κ3) is 15.8. The molecule has 8 N–H and O–H groups in total. The molecule has 0 spiro atoms. The van der Waals surface area contributed by atoms with Crippen molar-refractivity contribution < 1.29 is 87.5 Å². The highest BCUT2D eigenvalue weighted by Gasteiger charge is 2.66. The number of imide groups is 1. The fourth-order valence-corrected chi connectivity index (χ4v) is 16.7. The first kappa shape index (κ1) is 69.6. The summed E-state index contributed by atoms with van der Waals surface area (Å²) in [5, 5.41) is 66.0. The molecule has 4 bridgehead atoms. The minimum atomic E-state index is -1.93. The van der Waals surface area contributed by atoms with Crippen molar-refractivity contribution in [1.82, 2.24) is 40.3 Å². The summed E-state index contributed by atoms with van der Waals surface area (Å²) in [5.74, 6) is -3.83. The highest BCUT2D eigenvalue weighted by atomic mass is 32.1. The van der Waals surface area contributed by atoms with Crippen LogP contribution in [-0.4, -0.2) is 179 Å². The van der Waals surface area contributed by atoms with E-state index < -0.39 is 54.3 Å². The van der Waals surface area contributed by atoms with E-state index in [0.29, 0.717) is 94.9 Å². The summed E-state index contributed by atoms with van der Waals surface area (Å²) in [4.78, 5) is 103. The molecule has 2 aliphatic heterocycles. The van der Waals surface area contributed by atoms with E-state index in [0.717, 1.165) is 54.4 Å². The number of amides is 5. The molecule has 5 amide bonds. The lowest BCUT2D eigenvalue weighted by molar-refractivity contribution is -0.271. The number of carboxylic acid groups (broad SMARTS) is 2. The number of rotatable bonds is 30. The number of aliphatic hydroxyl groups is 3. The van der Waals surface area contributed by atoms with Crippen LogP contribution in [0.4, 0.5) is 9.93 Å². The van der Waals surface area contributed by atoms with Gasteiger partial charge in [-0.05, 0) is 136 Å². The van der Waals surface area contributed by atoms with Gasteiger partial charge in [0.05, 0.1) is 46.4 Å². The second-order valence-corrected chi connectivity index (χ2v) is 28.2. The highest BCUT2D eigenvalue weighted by molar-refractivity contribution is 7.22. The average molecular weight is 1380 g/mol. The van der Waals surface area contributed by atoms with E-state index in [-0.39, 0.29) is 103 Å². The van der Waals surface area contributed by atoms with Crippen molar-refractivity contribution in [3.8, 4) is 33.9 Å². The minimum absolute atomic E-state index is 0.00597. The number of aromatic nitrogens is 5. The Morgan fingerprint density at radius 3 is 2.29 bits per heavy atom. The predicted octanol–water partition coefficient (Wildman–Crippen LogP) is 7.75. The third-order valence-corrected chi connectivity index (χ3v) is 20.1. The van der Waals surface area contributed by atoms with Crippen molar-refractivity contribution in [3.05, 3.63) is 126 Å². The maximum Gasteiger partial charge on any atom is 0.407 e. The Bertz CT molecular complexity index is 4200. The van der Waals surface area contributed by atoms with Gasteiger partial charge in [0.1, 0.15) is 43.0 Å². The number of carbonyl (C=O) groups excluding carboxylic acids is 5. The molecule has 4 aromatic heterocycles. The number of nitrogens with zero attached hydrogens (tertiary/aromatic N) is 6. The molecule has 5 fully saturated rings. The second-order valence-electron chi connectivity index (χ2n) is 27.2. The molecule has 99 heavy (non-hydrogen) atoms. The van der Waals surface area contributed by atoms with E-state index in [2.05, 4.69) is 39.8 Å². The number of alkyl carbamates (subject to hydrolysis) is 1. The van der Waals surface area contributed by atoms with Crippen molar-refractivity contribution in [2.45, 2.75) is 141 Å². The number of ether oxygens (including phenoxy) is 6. The van der Waals surface area contributed by atoms with E-state index in [1.807, 2.05) is 35.9 Å². The van der Waals surface area contributed by atoms with Gasteiger partial charge >= 0.3 is 18.0 Å². The van der Waals surface area contributed by atoms with Crippen molar-refractivity contribution in [1.29, 1.82) is 0 Å². The zero-order valence-corrected chi connectivity index (χ0v) is 55.8. The zero-order chi connectivity index (χ0) is 69.8. The Morgan fingerprint density at radius 1 is 0.747 bits per heavy atom. The molecule has 6 aliphatic rings. The Kier molecular flexibility index (Phi) is 20.6. The summed E-state index contributed by atoms with van der Waals surface area (Å²) < 4.78 is 38.3. The Balaban J connectivity index is 0.638. The van der Waals surface area contributed by atoms with Gasteiger partial charge in [-0.2, -0.15) is 5.10 Å². The average Bonchev–Trinajstić information content (AvgIpc) is 0.907. The fourth-order valence-electron chi connectivity index (χ4n) is 15.9. The Hall–Kier alpha value is -9.29. The monoisotopic (exact) mass is 1380 g/mol. The fraction of sp³-hybridized carbons (Fsp3) is 0.451. The van der Waals surface area contributed by atoms with Crippen LogP contribution in [0.25, 0.3) is 43.5 Å². The summed E-state index contributed by atoms with van der Waals surface area (Å²) in [7, 11) is 0. The van der Waals surface area contributed by atoms with E-state index >= 15 is 0 Å². The summed E-state index contributed by atoms with van der Waals surface area (Å²) in [5.41, 5.74) is 4.15.